The van der Waals surface area contributed by atoms with Gasteiger partial charge in [0.1, 0.15) is 0 Å². The maximum Gasteiger partial charge on any atom is 0.583 e. The van der Waals surface area contributed by atoms with Crippen LogP contribution in [0.1, 0.15) is 0 Å². The molecule has 0 aromatic carbocycles. The lowest BCUT2D eigenvalue weighted by Crippen LogP contribution is -1.61. The molecule has 0 saturated carbocycles. The second-order valence-corrected chi connectivity index (χ2v) is 1.25. The van der Waals surface area contributed by atoms with Gasteiger partial charge in [0.25, 0.3) is 0 Å². The molecule has 0 amide bonds. The third-order valence-corrected chi connectivity index (χ3v) is 0.691. The molecular weight excluding hydrogens is 136 g/mol. The van der Waals surface area contributed by atoms with Crippen molar-refractivity contribution in [2.75, 3.05) is 0 Å². The SMILES string of the molecule is N#[N+]c1n[nH]c(N=[N+]=[N-])n1. The summed E-state index contributed by atoms with van der Waals surface area (Å²) in [7, 11) is 0. The van der Waals surface area contributed by atoms with E-state index < -0.39 is 0 Å². The van der Waals surface area contributed by atoms with Crippen molar-refractivity contribution in [1.29, 1.82) is 5.39 Å². The Morgan fingerprint density at radius 3 is 3.00 bits per heavy atom. The van der Waals surface area contributed by atoms with E-state index in [1.807, 2.05) is 0 Å². The predicted molar refractivity (Wildman–Crippen MR) is 29.9 cm³/mol. The van der Waals surface area contributed by atoms with Crippen molar-refractivity contribution in [1.82, 2.24) is 15.2 Å². The highest BCUT2D eigenvalue weighted by atomic mass is 15.4. The molecule has 1 N–H and O–H groups in total. The molecule has 10 heavy (non-hydrogen) atoms. The molecule has 0 bridgehead atoms. The average Bonchev–Trinajstić information content (AvgIpc) is 2.37. The summed E-state index contributed by atoms with van der Waals surface area (Å²) in [6.45, 7) is 0. The predicted octanol–water partition coefficient (Wildman–Crippen LogP) is 1.23. The first-order valence-corrected chi connectivity index (χ1v) is 2.19. The smallest absolute Gasteiger partial charge is 0.176 e. The van der Waals surface area contributed by atoms with Crippen molar-refractivity contribution in [3.63, 3.8) is 0 Å². The minimum atomic E-state index is -0.164. The van der Waals surface area contributed by atoms with E-state index in [4.69, 9.17) is 10.9 Å². The number of hydrogen-bond acceptors (Lipinski definition) is 4. The number of hydrogen-bond donors (Lipinski definition) is 1. The van der Waals surface area contributed by atoms with Crippen LogP contribution < -0.4 is 0 Å². The molecule has 1 rings (SSSR count). The zero-order valence-corrected chi connectivity index (χ0v) is 4.63. The zero-order valence-electron chi connectivity index (χ0n) is 4.63. The van der Waals surface area contributed by atoms with Crippen LogP contribution in [0.25, 0.3) is 15.4 Å². The fraction of sp³-hybridized carbons (Fsp3) is 0. The molecule has 0 radical (unpaired) electrons. The summed E-state index contributed by atoms with van der Waals surface area (Å²) < 4.78 is 0. The van der Waals surface area contributed by atoms with Gasteiger partial charge in [0.2, 0.25) is 0 Å². The van der Waals surface area contributed by atoms with Gasteiger partial charge in [0.05, 0.1) is 5.39 Å². The van der Waals surface area contributed by atoms with Crippen molar-refractivity contribution in [2.45, 2.75) is 0 Å². The summed E-state index contributed by atoms with van der Waals surface area (Å²) in [4.78, 5) is 8.47. The monoisotopic (exact) mass is 137 g/mol. The van der Waals surface area contributed by atoms with Crippen LogP contribution in [0, 0.1) is 5.39 Å². The van der Waals surface area contributed by atoms with Crippen LogP contribution in [0.2, 0.25) is 0 Å². The van der Waals surface area contributed by atoms with E-state index >= 15 is 0 Å². The Balaban J connectivity index is 3.01. The van der Waals surface area contributed by atoms with Crippen LogP contribution in [0.5, 0.6) is 0 Å². The molecule has 0 saturated heterocycles. The second-order valence-electron chi connectivity index (χ2n) is 1.25. The van der Waals surface area contributed by atoms with Gasteiger partial charge in [-0.3, -0.25) is 0 Å². The lowest BCUT2D eigenvalue weighted by atomic mass is 11.0. The summed E-state index contributed by atoms with van der Waals surface area (Å²) in [5.41, 5.74) is 7.88. The molecule has 0 aliphatic rings. The Morgan fingerprint density at radius 2 is 2.50 bits per heavy atom. The Bertz CT molecular complexity index is 308. The molecular formula is C2HN8+. The number of rotatable bonds is 1. The lowest BCUT2D eigenvalue weighted by molar-refractivity contribution is 1.08. The highest BCUT2D eigenvalue weighted by Gasteiger charge is 2.11. The van der Waals surface area contributed by atoms with Crippen LogP contribution in [-0.2, 0) is 0 Å². The van der Waals surface area contributed by atoms with Crippen LogP contribution in [0.4, 0.5) is 11.9 Å². The summed E-state index contributed by atoms with van der Waals surface area (Å²) in [5, 5.41) is 16.7. The first-order valence-electron chi connectivity index (χ1n) is 2.19. The summed E-state index contributed by atoms with van der Waals surface area (Å²) in [6.07, 6.45) is 0. The Labute approximate surface area is 54.1 Å². The highest BCUT2D eigenvalue weighted by Crippen LogP contribution is 2.08. The molecule has 8 nitrogen and oxygen atoms in total. The maximum absolute atomic E-state index is 8.06. The number of azide groups is 1. The molecule has 1 aromatic rings. The van der Waals surface area contributed by atoms with E-state index in [9.17, 15) is 0 Å². The molecule has 1 aromatic heterocycles. The van der Waals surface area contributed by atoms with E-state index in [2.05, 4.69) is 30.2 Å². The van der Waals surface area contributed by atoms with Crippen molar-refractivity contribution < 1.29 is 0 Å². The average molecular weight is 137 g/mol. The third-order valence-electron chi connectivity index (χ3n) is 0.691. The van der Waals surface area contributed by atoms with E-state index in [1.54, 1.807) is 0 Å². The number of nitrogens with zero attached hydrogens (tertiary/aromatic N) is 7. The molecule has 0 fully saturated rings. The van der Waals surface area contributed by atoms with Gasteiger partial charge in [-0.25, -0.2) is 0 Å². The maximum atomic E-state index is 8.06. The Hall–Kier alpha value is -2.13. The molecule has 0 aliphatic heterocycles. The van der Waals surface area contributed by atoms with Gasteiger partial charge >= 0.3 is 11.9 Å². The standard InChI is InChI=1S/C2HN8/c3-6-1-5-2(8-7-1)9-10-4/h(H,5,7,8)/q+1. The molecule has 0 atom stereocenters. The largest absolute Gasteiger partial charge is 0.583 e. The van der Waals surface area contributed by atoms with Crippen LogP contribution in [0.15, 0.2) is 5.11 Å². The molecule has 0 unspecified atom stereocenters. The zero-order chi connectivity index (χ0) is 7.40. The molecule has 48 valence electrons. The fourth-order valence-electron chi connectivity index (χ4n) is 0.377. The second kappa shape index (κ2) is 2.43. The van der Waals surface area contributed by atoms with E-state index in [0.29, 0.717) is 0 Å². The van der Waals surface area contributed by atoms with Gasteiger partial charge in [-0.2, -0.15) is 5.10 Å². The first kappa shape index (κ1) is 6.00. The van der Waals surface area contributed by atoms with Crippen molar-refractivity contribution in [3.8, 4) is 0 Å². The van der Waals surface area contributed by atoms with Crippen molar-refractivity contribution >= 4 is 11.9 Å². The number of aromatic amines is 1. The van der Waals surface area contributed by atoms with Gasteiger partial charge in [-0.05, 0) is 20.6 Å². The minimum absolute atomic E-state index is 0.0321. The molecule has 8 heteroatoms. The van der Waals surface area contributed by atoms with Gasteiger partial charge in [-0.15, -0.1) is 0 Å². The fourth-order valence-corrected chi connectivity index (χ4v) is 0.377. The highest BCUT2D eigenvalue weighted by molar-refractivity contribution is 5.28. The van der Waals surface area contributed by atoms with E-state index in [1.165, 1.54) is 0 Å². The summed E-state index contributed by atoms with van der Waals surface area (Å²) in [6, 6.07) is 0. The van der Waals surface area contributed by atoms with Crippen LogP contribution in [-0.4, -0.2) is 15.2 Å². The van der Waals surface area contributed by atoms with Crippen molar-refractivity contribution in [2.24, 2.45) is 5.11 Å². The number of diazo groups is 1. The van der Waals surface area contributed by atoms with Crippen LogP contribution in [0.3, 0.4) is 0 Å². The lowest BCUT2D eigenvalue weighted by Gasteiger charge is -1.60. The molecule has 1 heterocycles. The molecule has 0 aliphatic carbocycles. The topological polar surface area (TPSA) is 118 Å². The summed E-state index contributed by atoms with van der Waals surface area (Å²) >= 11 is 0. The van der Waals surface area contributed by atoms with Crippen molar-refractivity contribution in [3.05, 3.63) is 15.4 Å². The van der Waals surface area contributed by atoms with E-state index in [0.717, 1.165) is 0 Å². The third kappa shape index (κ3) is 0.988. The molecule has 0 spiro atoms. The van der Waals surface area contributed by atoms with Crippen LogP contribution >= 0.6 is 0 Å². The normalized spacial score (nSPS) is 7.90. The van der Waals surface area contributed by atoms with Gasteiger partial charge < -0.3 is 0 Å². The van der Waals surface area contributed by atoms with Gasteiger partial charge in [0, 0.05) is 10.0 Å². The van der Waals surface area contributed by atoms with E-state index in [-0.39, 0.29) is 11.9 Å². The number of aromatic nitrogens is 3. The Kier molecular flexibility index (Phi) is 1.46. The Morgan fingerprint density at radius 1 is 1.70 bits per heavy atom. The minimum Gasteiger partial charge on any atom is -0.176 e. The number of nitrogens with one attached hydrogen (secondary N) is 1. The van der Waals surface area contributed by atoms with Gasteiger partial charge in [-0.1, -0.05) is 0 Å². The summed E-state index contributed by atoms with van der Waals surface area (Å²) in [5.74, 6) is -0.197. The first-order chi connectivity index (χ1) is 4.86. The quantitative estimate of drug-likeness (QED) is 0.271. The van der Waals surface area contributed by atoms with Gasteiger partial charge in [0.15, 0.2) is 0 Å². The number of H-pyrrole nitrogens is 1.